The number of rotatable bonds is 3. The van der Waals surface area contributed by atoms with Crippen LogP contribution in [0.4, 0.5) is 5.69 Å². The summed E-state index contributed by atoms with van der Waals surface area (Å²) in [6, 6.07) is 12.6. The highest BCUT2D eigenvalue weighted by Crippen LogP contribution is 2.21. The summed E-state index contributed by atoms with van der Waals surface area (Å²) in [5.41, 5.74) is 4.45. The molecule has 2 rings (SSSR count). The fourth-order valence-electron chi connectivity index (χ4n) is 1.73. The lowest BCUT2D eigenvalue weighted by atomic mass is 10.1. The van der Waals surface area contributed by atoms with Crippen LogP contribution in [0, 0.1) is 13.8 Å². The minimum Gasteiger partial charge on any atom is -0.478 e. The van der Waals surface area contributed by atoms with E-state index in [1.807, 2.05) is 19.1 Å². The fourth-order valence-corrected chi connectivity index (χ4v) is 1.73. The van der Waals surface area contributed by atoms with Gasteiger partial charge in [-0.1, -0.05) is 24.3 Å². The molecule has 0 aliphatic heterocycles. The van der Waals surface area contributed by atoms with E-state index in [1.54, 1.807) is 30.5 Å². The number of hydrogen-bond acceptors (Lipinski definition) is 2. The maximum atomic E-state index is 10.7. The minimum absolute atomic E-state index is 0.281. The lowest BCUT2D eigenvalue weighted by Gasteiger charge is -2.03. The van der Waals surface area contributed by atoms with Gasteiger partial charge in [-0.3, -0.25) is 4.99 Å². The molecule has 0 radical (unpaired) electrons. The molecule has 0 bridgehead atoms. The lowest BCUT2D eigenvalue weighted by Crippen LogP contribution is -1.95. The Kier molecular flexibility index (Phi) is 3.76. The Morgan fingerprint density at radius 1 is 1.11 bits per heavy atom. The van der Waals surface area contributed by atoms with Crippen LogP contribution in [0.1, 0.15) is 27.0 Å². The first kappa shape index (κ1) is 13.0. The average Bonchev–Trinajstić information content (AvgIpc) is 2.41. The molecule has 0 atom stereocenters. The number of carboxylic acid groups (broad SMARTS) is 1. The van der Waals surface area contributed by atoms with E-state index in [-0.39, 0.29) is 5.56 Å². The molecule has 0 aliphatic carbocycles. The molecule has 0 saturated carbocycles. The SMILES string of the molecule is Cc1cccc(/N=C/c2ccc(C(=O)O)cc2)c1C. The standard InChI is InChI=1S/C16H15NO2/c1-11-4-3-5-15(12(11)2)17-10-13-6-8-14(9-7-13)16(18)19/h3-10H,1-2H3,(H,18,19)/b17-10+. The first-order valence-corrected chi connectivity index (χ1v) is 6.01. The van der Waals surface area contributed by atoms with E-state index in [4.69, 9.17) is 5.11 Å². The highest BCUT2D eigenvalue weighted by Gasteiger charge is 2.01. The van der Waals surface area contributed by atoms with Gasteiger partial charge in [0.25, 0.3) is 0 Å². The first-order chi connectivity index (χ1) is 9.08. The molecule has 19 heavy (non-hydrogen) atoms. The number of benzene rings is 2. The number of carboxylic acids is 1. The van der Waals surface area contributed by atoms with Crippen molar-refractivity contribution in [3.8, 4) is 0 Å². The van der Waals surface area contributed by atoms with Crippen molar-refractivity contribution in [3.05, 3.63) is 64.7 Å². The average molecular weight is 253 g/mol. The van der Waals surface area contributed by atoms with Crippen LogP contribution >= 0.6 is 0 Å². The van der Waals surface area contributed by atoms with E-state index < -0.39 is 5.97 Å². The molecule has 0 aliphatic rings. The van der Waals surface area contributed by atoms with E-state index in [1.165, 1.54) is 5.56 Å². The minimum atomic E-state index is -0.919. The second kappa shape index (κ2) is 5.48. The molecule has 0 amide bonds. The Balaban J connectivity index is 2.23. The van der Waals surface area contributed by atoms with Crippen molar-refractivity contribution >= 4 is 17.9 Å². The number of nitrogens with zero attached hydrogens (tertiary/aromatic N) is 1. The summed E-state index contributed by atoms with van der Waals surface area (Å²) in [6.07, 6.45) is 1.74. The van der Waals surface area contributed by atoms with Gasteiger partial charge < -0.3 is 5.11 Å². The van der Waals surface area contributed by atoms with Crippen LogP contribution in [-0.2, 0) is 0 Å². The fraction of sp³-hybridized carbons (Fsp3) is 0.125. The number of aryl methyl sites for hydroxylation is 1. The molecule has 0 heterocycles. The second-order valence-corrected chi connectivity index (χ2v) is 4.40. The highest BCUT2D eigenvalue weighted by atomic mass is 16.4. The summed E-state index contributed by atoms with van der Waals surface area (Å²) in [6.45, 7) is 4.09. The van der Waals surface area contributed by atoms with Crippen LogP contribution in [-0.4, -0.2) is 17.3 Å². The lowest BCUT2D eigenvalue weighted by molar-refractivity contribution is 0.0697. The van der Waals surface area contributed by atoms with Crippen LogP contribution in [0.2, 0.25) is 0 Å². The third kappa shape index (κ3) is 3.07. The van der Waals surface area contributed by atoms with Gasteiger partial charge >= 0.3 is 5.97 Å². The van der Waals surface area contributed by atoms with Crippen molar-refractivity contribution in [2.24, 2.45) is 4.99 Å². The Morgan fingerprint density at radius 2 is 1.79 bits per heavy atom. The monoisotopic (exact) mass is 253 g/mol. The van der Waals surface area contributed by atoms with Crippen molar-refractivity contribution in [1.29, 1.82) is 0 Å². The van der Waals surface area contributed by atoms with E-state index in [0.717, 1.165) is 16.8 Å². The normalized spacial score (nSPS) is 10.8. The second-order valence-electron chi connectivity index (χ2n) is 4.40. The van der Waals surface area contributed by atoms with Gasteiger partial charge in [0.2, 0.25) is 0 Å². The summed E-state index contributed by atoms with van der Waals surface area (Å²) in [5, 5.41) is 8.82. The summed E-state index contributed by atoms with van der Waals surface area (Å²) >= 11 is 0. The molecular weight excluding hydrogens is 238 g/mol. The Bertz CT molecular complexity index is 628. The molecule has 2 aromatic rings. The molecule has 3 nitrogen and oxygen atoms in total. The molecular formula is C16H15NO2. The molecule has 0 aromatic heterocycles. The van der Waals surface area contributed by atoms with E-state index in [2.05, 4.69) is 18.0 Å². The molecule has 0 unspecified atom stereocenters. The van der Waals surface area contributed by atoms with Gasteiger partial charge in [0, 0.05) is 6.21 Å². The van der Waals surface area contributed by atoms with Gasteiger partial charge in [-0.25, -0.2) is 4.79 Å². The van der Waals surface area contributed by atoms with Crippen LogP contribution in [0.3, 0.4) is 0 Å². The zero-order valence-electron chi connectivity index (χ0n) is 10.9. The van der Waals surface area contributed by atoms with Crippen LogP contribution in [0.5, 0.6) is 0 Å². The number of carbonyl (C=O) groups is 1. The zero-order valence-corrected chi connectivity index (χ0v) is 10.9. The van der Waals surface area contributed by atoms with Gasteiger partial charge in [0.05, 0.1) is 11.3 Å². The first-order valence-electron chi connectivity index (χ1n) is 6.01. The number of hydrogen-bond donors (Lipinski definition) is 1. The summed E-state index contributed by atoms with van der Waals surface area (Å²) in [5.74, 6) is -0.919. The smallest absolute Gasteiger partial charge is 0.335 e. The van der Waals surface area contributed by atoms with Gasteiger partial charge in [0.15, 0.2) is 0 Å². The molecule has 3 heteroatoms. The third-order valence-corrected chi connectivity index (χ3v) is 3.09. The Morgan fingerprint density at radius 3 is 2.42 bits per heavy atom. The van der Waals surface area contributed by atoms with Gasteiger partial charge in [-0.15, -0.1) is 0 Å². The van der Waals surface area contributed by atoms with E-state index >= 15 is 0 Å². The van der Waals surface area contributed by atoms with Gasteiger partial charge in [-0.05, 0) is 48.7 Å². The summed E-state index contributed by atoms with van der Waals surface area (Å²) < 4.78 is 0. The third-order valence-electron chi connectivity index (χ3n) is 3.09. The van der Waals surface area contributed by atoms with Gasteiger partial charge in [-0.2, -0.15) is 0 Å². The van der Waals surface area contributed by atoms with Crippen LogP contribution < -0.4 is 0 Å². The Labute approximate surface area is 112 Å². The molecule has 1 N–H and O–H groups in total. The molecule has 2 aromatic carbocycles. The van der Waals surface area contributed by atoms with Crippen LogP contribution in [0.15, 0.2) is 47.5 Å². The van der Waals surface area contributed by atoms with Crippen molar-refractivity contribution in [2.45, 2.75) is 13.8 Å². The van der Waals surface area contributed by atoms with E-state index in [9.17, 15) is 4.79 Å². The van der Waals surface area contributed by atoms with Crippen molar-refractivity contribution in [2.75, 3.05) is 0 Å². The van der Waals surface area contributed by atoms with E-state index in [0.29, 0.717) is 0 Å². The highest BCUT2D eigenvalue weighted by molar-refractivity contribution is 5.89. The van der Waals surface area contributed by atoms with Crippen LogP contribution in [0.25, 0.3) is 0 Å². The molecule has 0 fully saturated rings. The number of aliphatic imine (C=N–C) groups is 1. The van der Waals surface area contributed by atoms with Crippen molar-refractivity contribution < 1.29 is 9.90 Å². The predicted molar refractivity (Wildman–Crippen MR) is 76.6 cm³/mol. The molecule has 0 spiro atoms. The van der Waals surface area contributed by atoms with Crippen molar-refractivity contribution in [1.82, 2.24) is 0 Å². The predicted octanol–water partition coefficient (Wildman–Crippen LogP) is 3.75. The quantitative estimate of drug-likeness (QED) is 0.847. The largest absolute Gasteiger partial charge is 0.478 e. The Hall–Kier alpha value is -2.42. The summed E-state index contributed by atoms with van der Waals surface area (Å²) in [4.78, 5) is 15.2. The summed E-state index contributed by atoms with van der Waals surface area (Å²) in [7, 11) is 0. The molecule has 96 valence electrons. The molecule has 0 saturated heterocycles. The van der Waals surface area contributed by atoms with Gasteiger partial charge in [0.1, 0.15) is 0 Å². The maximum absolute atomic E-state index is 10.7. The zero-order chi connectivity index (χ0) is 13.8. The maximum Gasteiger partial charge on any atom is 0.335 e. The van der Waals surface area contributed by atoms with Crippen molar-refractivity contribution in [3.63, 3.8) is 0 Å². The topological polar surface area (TPSA) is 49.7 Å². The number of aromatic carboxylic acids is 1.